The molecule has 1 aliphatic heterocycles. The molecule has 2 N–H and O–H groups in total. The van der Waals surface area contributed by atoms with Gasteiger partial charge >= 0.3 is 0 Å². The predicted octanol–water partition coefficient (Wildman–Crippen LogP) is 1.14. The quantitative estimate of drug-likeness (QED) is 0.888. The average molecular weight is 300 g/mol. The number of aromatic amines is 1. The highest BCUT2D eigenvalue weighted by molar-refractivity contribution is 5.94. The number of methoxy groups -OCH3 is 1. The van der Waals surface area contributed by atoms with Crippen LogP contribution in [-0.4, -0.2) is 60.4 Å². The van der Waals surface area contributed by atoms with Gasteiger partial charge in [0.1, 0.15) is 0 Å². The van der Waals surface area contributed by atoms with Crippen molar-refractivity contribution >= 4 is 5.91 Å². The van der Waals surface area contributed by atoms with Crippen molar-refractivity contribution in [3.63, 3.8) is 0 Å². The Morgan fingerprint density at radius 1 is 1.32 bits per heavy atom. The Morgan fingerprint density at radius 2 is 2.09 bits per heavy atom. The van der Waals surface area contributed by atoms with Crippen LogP contribution in [0.15, 0.2) is 36.5 Å². The van der Waals surface area contributed by atoms with Crippen molar-refractivity contribution in [1.82, 2.24) is 20.4 Å². The minimum atomic E-state index is -0.0708. The summed E-state index contributed by atoms with van der Waals surface area (Å²) in [6, 6.07) is 9.40. The largest absolute Gasteiger partial charge is 0.378 e. The smallest absolute Gasteiger partial charge is 0.251 e. The van der Waals surface area contributed by atoms with Crippen LogP contribution in [-0.2, 0) is 4.74 Å². The predicted molar refractivity (Wildman–Crippen MR) is 83.6 cm³/mol. The molecule has 0 bridgehead atoms. The standard InChI is InChI=1S/C16H20N4O2/c1-20-9-14(15(10-20)22-2)18-16(21)12-5-3-11(4-6-12)13-7-8-17-19-13/h3-8,14-15H,9-10H2,1-2H3,(H,17,19)(H,18,21)/t14-,15-/m0/s1. The van der Waals surface area contributed by atoms with Gasteiger partial charge < -0.3 is 15.0 Å². The van der Waals surface area contributed by atoms with Gasteiger partial charge in [-0.25, -0.2) is 0 Å². The summed E-state index contributed by atoms with van der Waals surface area (Å²) in [6.45, 7) is 1.64. The zero-order valence-electron chi connectivity index (χ0n) is 12.7. The summed E-state index contributed by atoms with van der Waals surface area (Å²) in [4.78, 5) is 14.5. The fourth-order valence-electron chi connectivity index (χ4n) is 2.81. The fraction of sp³-hybridized carbons (Fsp3) is 0.375. The lowest BCUT2D eigenvalue weighted by Gasteiger charge is -2.18. The highest BCUT2D eigenvalue weighted by atomic mass is 16.5. The van der Waals surface area contributed by atoms with Crippen LogP contribution in [0.5, 0.6) is 0 Å². The van der Waals surface area contributed by atoms with Gasteiger partial charge in [-0.15, -0.1) is 0 Å². The maximum atomic E-state index is 12.4. The summed E-state index contributed by atoms with van der Waals surface area (Å²) in [6.07, 6.45) is 1.75. The maximum Gasteiger partial charge on any atom is 0.251 e. The molecule has 1 saturated heterocycles. The molecule has 0 spiro atoms. The first kappa shape index (κ1) is 14.7. The molecule has 1 amide bonds. The average Bonchev–Trinajstić information content (AvgIpc) is 3.17. The summed E-state index contributed by atoms with van der Waals surface area (Å²) in [5.74, 6) is -0.0708. The van der Waals surface area contributed by atoms with Gasteiger partial charge in [-0.05, 0) is 30.8 Å². The van der Waals surface area contributed by atoms with Crippen LogP contribution in [0.2, 0.25) is 0 Å². The van der Waals surface area contributed by atoms with Crippen molar-refractivity contribution in [2.24, 2.45) is 0 Å². The third-order valence-corrected chi connectivity index (χ3v) is 4.03. The highest BCUT2D eigenvalue weighted by Gasteiger charge is 2.32. The number of amides is 1. The van der Waals surface area contributed by atoms with Crippen LogP contribution in [0.1, 0.15) is 10.4 Å². The van der Waals surface area contributed by atoms with Gasteiger partial charge in [-0.1, -0.05) is 12.1 Å². The van der Waals surface area contributed by atoms with Crippen molar-refractivity contribution < 1.29 is 9.53 Å². The van der Waals surface area contributed by atoms with E-state index in [-0.39, 0.29) is 18.1 Å². The number of benzene rings is 1. The van der Waals surface area contributed by atoms with Crippen molar-refractivity contribution in [1.29, 1.82) is 0 Å². The number of ether oxygens (including phenoxy) is 1. The molecule has 0 saturated carbocycles. The molecule has 1 aromatic carbocycles. The molecular weight excluding hydrogens is 280 g/mol. The van der Waals surface area contributed by atoms with E-state index in [2.05, 4.69) is 20.4 Å². The summed E-state index contributed by atoms with van der Waals surface area (Å²) in [7, 11) is 3.71. The Hall–Kier alpha value is -2.18. The Kier molecular flexibility index (Phi) is 4.22. The SMILES string of the molecule is CO[C@H]1CN(C)C[C@@H]1NC(=O)c1ccc(-c2ccn[nH]2)cc1. The van der Waals surface area contributed by atoms with Crippen molar-refractivity contribution in [3.8, 4) is 11.3 Å². The fourth-order valence-corrected chi connectivity index (χ4v) is 2.81. The van der Waals surface area contributed by atoms with E-state index in [1.54, 1.807) is 13.3 Å². The minimum absolute atomic E-state index is 0.0229. The number of rotatable bonds is 4. The zero-order valence-corrected chi connectivity index (χ0v) is 12.7. The normalized spacial score (nSPS) is 21.9. The van der Waals surface area contributed by atoms with Crippen molar-refractivity contribution in [3.05, 3.63) is 42.1 Å². The maximum absolute atomic E-state index is 12.4. The Balaban J connectivity index is 1.67. The van der Waals surface area contributed by atoms with Gasteiger partial charge in [0.25, 0.3) is 5.91 Å². The molecule has 2 aromatic rings. The van der Waals surface area contributed by atoms with E-state index in [0.29, 0.717) is 5.56 Å². The molecule has 6 heteroatoms. The lowest BCUT2D eigenvalue weighted by atomic mass is 10.1. The molecule has 0 aliphatic carbocycles. The number of likely N-dealkylation sites (N-methyl/N-ethyl adjacent to an activating group) is 1. The van der Waals surface area contributed by atoms with Crippen LogP contribution < -0.4 is 5.32 Å². The number of hydrogen-bond acceptors (Lipinski definition) is 4. The van der Waals surface area contributed by atoms with E-state index in [1.165, 1.54) is 0 Å². The first-order valence-electron chi connectivity index (χ1n) is 7.29. The van der Waals surface area contributed by atoms with Gasteiger partial charge in [0, 0.05) is 32.0 Å². The monoisotopic (exact) mass is 300 g/mol. The van der Waals surface area contributed by atoms with E-state index in [4.69, 9.17) is 4.74 Å². The Labute approximate surface area is 129 Å². The molecule has 3 rings (SSSR count). The number of carbonyl (C=O) groups is 1. The van der Waals surface area contributed by atoms with Gasteiger partial charge in [0.2, 0.25) is 0 Å². The third kappa shape index (κ3) is 3.03. The molecule has 2 heterocycles. The van der Waals surface area contributed by atoms with Crippen LogP contribution in [0.4, 0.5) is 0 Å². The summed E-state index contributed by atoms with van der Waals surface area (Å²) >= 11 is 0. The number of carbonyl (C=O) groups excluding carboxylic acids is 1. The number of nitrogens with one attached hydrogen (secondary N) is 2. The number of nitrogens with zero attached hydrogens (tertiary/aromatic N) is 2. The molecule has 6 nitrogen and oxygen atoms in total. The topological polar surface area (TPSA) is 70.2 Å². The molecule has 2 atom stereocenters. The van der Waals surface area contributed by atoms with Crippen LogP contribution in [0.25, 0.3) is 11.3 Å². The van der Waals surface area contributed by atoms with Gasteiger partial charge in [-0.2, -0.15) is 5.10 Å². The molecule has 116 valence electrons. The summed E-state index contributed by atoms with van der Waals surface area (Å²) < 4.78 is 5.43. The van der Waals surface area contributed by atoms with Gasteiger partial charge in [0.15, 0.2) is 0 Å². The second-order valence-electron chi connectivity index (χ2n) is 5.62. The lowest BCUT2D eigenvalue weighted by molar-refractivity contribution is 0.0766. The lowest BCUT2D eigenvalue weighted by Crippen LogP contribution is -2.43. The second kappa shape index (κ2) is 6.29. The molecular formula is C16H20N4O2. The van der Waals surface area contributed by atoms with E-state index < -0.39 is 0 Å². The molecule has 1 aliphatic rings. The number of H-pyrrole nitrogens is 1. The Bertz CT molecular complexity index is 624. The third-order valence-electron chi connectivity index (χ3n) is 4.03. The number of likely N-dealkylation sites (tertiary alicyclic amines) is 1. The van der Waals surface area contributed by atoms with Crippen LogP contribution in [0, 0.1) is 0 Å². The minimum Gasteiger partial charge on any atom is -0.378 e. The highest BCUT2D eigenvalue weighted by Crippen LogP contribution is 2.17. The van der Waals surface area contributed by atoms with Gasteiger partial charge in [0.05, 0.1) is 17.8 Å². The van der Waals surface area contributed by atoms with Crippen molar-refractivity contribution in [2.45, 2.75) is 12.1 Å². The molecule has 1 aromatic heterocycles. The molecule has 0 radical (unpaired) electrons. The van der Waals surface area contributed by atoms with Crippen LogP contribution in [0.3, 0.4) is 0 Å². The first-order chi connectivity index (χ1) is 10.7. The summed E-state index contributed by atoms with van der Waals surface area (Å²) in [5, 5.41) is 9.89. The number of aromatic nitrogens is 2. The second-order valence-corrected chi connectivity index (χ2v) is 5.62. The van der Waals surface area contributed by atoms with E-state index >= 15 is 0 Å². The van der Waals surface area contributed by atoms with Crippen LogP contribution >= 0.6 is 0 Å². The molecule has 22 heavy (non-hydrogen) atoms. The van der Waals surface area contributed by atoms with Gasteiger partial charge in [-0.3, -0.25) is 9.89 Å². The molecule has 1 fully saturated rings. The summed E-state index contributed by atoms with van der Waals surface area (Å²) in [5.41, 5.74) is 2.58. The van der Waals surface area contributed by atoms with E-state index in [1.807, 2.05) is 37.4 Å². The molecule has 0 unspecified atom stereocenters. The van der Waals surface area contributed by atoms with E-state index in [9.17, 15) is 4.79 Å². The first-order valence-corrected chi connectivity index (χ1v) is 7.29. The zero-order chi connectivity index (χ0) is 15.5. The van der Waals surface area contributed by atoms with E-state index in [0.717, 1.165) is 24.3 Å². The number of hydrogen-bond donors (Lipinski definition) is 2. The Morgan fingerprint density at radius 3 is 2.73 bits per heavy atom. The van der Waals surface area contributed by atoms with Crippen molar-refractivity contribution in [2.75, 3.05) is 27.2 Å².